The molecule has 0 radical (unpaired) electrons. The molecule has 2 rings (SSSR count). The van der Waals surface area contributed by atoms with E-state index in [1.807, 2.05) is 0 Å². The maximum atomic E-state index is 13.4. The molecule has 2 amide bonds. The average molecular weight is 322 g/mol. The molecule has 0 spiro atoms. The first-order chi connectivity index (χ1) is 10.2. The fourth-order valence-corrected chi connectivity index (χ4v) is 2.08. The van der Waals surface area contributed by atoms with Gasteiger partial charge in [0.15, 0.2) is 0 Å². The van der Waals surface area contributed by atoms with Gasteiger partial charge in [-0.15, -0.1) is 0 Å². The summed E-state index contributed by atoms with van der Waals surface area (Å²) in [6.45, 7) is -2.55. The molecule has 0 aliphatic carbocycles. The first-order valence-electron chi connectivity index (χ1n) is 6.22. The second kappa shape index (κ2) is 5.90. The van der Waals surface area contributed by atoms with Gasteiger partial charge in [0.05, 0.1) is 13.1 Å². The van der Waals surface area contributed by atoms with E-state index in [0.29, 0.717) is 4.90 Å². The summed E-state index contributed by atoms with van der Waals surface area (Å²) < 4.78 is 63.7. The van der Waals surface area contributed by atoms with Gasteiger partial charge in [-0.25, -0.2) is 8.78 Å². The van der Waals surface area contributed by atoms with Crippen LogP contribution in [0.5, 0.6) is 0 Å². The third-order valence-electron chi connectivity index (χ3n) is 3.13. The van der Waals surface area contributed by atoms with E-state index in [9.17, 15) is 31.5 Å². The number of nitrogens with zero attached hydrogens (tertiary/aromatic N) is 2. The molecular formula is C13H11F5N2O2. The molecule has 1 aliphatic rings. The lowest BCUT2D eigenvalue weighted by Crippen LogP contribution is -2.37. The average Bonchev–Trinajstić information content (AvgIpc) is 2.73. The number of halogens is 5. The molecule has 0 saturated carbocycles. The van der Waals surface area contributed by atoms with Gasteiger partial charge in [0.2, 0.25) is 11.8 Å². The van der Waals surface area contributed by atoms with Crippen LogP contribution in [0.15, 0.2) is 18.2 Å². The Morgan fingerprint density at radius 1 is 1.18 bits per heavy atom. The van der Waals surface area contributed by atoms with Crippen molar-refractivity contribution < 1.29 is 31.5 Å². The zero-order valence-corrected chi connectivity index (χ0v) is 11.2. The molecule has 1 fully saturated rings. The third kappa shape index (κ3) is 3.71. The quantitative estimate of drug-likeness (QED) is 0.795. The van der Waals surface area contributed by atoms with Crippen LogP contribution < -0.4 is 0 Å². The molecule has 0 atom stereocenters. The molecular weight excluding hydrogens is 311 g/mol. The van der Waals surface area contributed by atoms with Crippen molar-refractivity contribution in [2.24, 2.45) is 0 Å². The fraction of sp³-hybridized carbons (Fsp3) is 0.385. The molecule has 9 heteroatoms. The smallest absolute Gasteiger partial charge is 0.315 e. The molecule has 0 N–H and O–H groups in total. The van der Waals surface area contributed by atoms with Crippen LogP contribution in [-0.2, 0) is 16.0 Å². The second-order valence-corrected chi connectivity index (χ2v) is 4.82. The van der Waals surface area contributed by atoms with Crippen LogP contribution in [0.3, 0.4) is 0 Å². The maximum Gasteiger partial charge on any atom is 0.406 e. The SMILES string of the molecule is O=C(Cc1c(F)cccc1F)N1CC(=O)N(CC(F)(F)F)C1. The van der Waals surface area contributed by atoms with E-state index < -0.39 is 61.4 Å². The summed E-state index contributed by atoms with van der Waals surface area (Å²) in [5.41, 5.74) is -0.478. The molecule has 22 heavy (non-hydrogen) atoms. The Morgan fingerprint density at radius 2 is 1.77 bits per heavy atom. The van der Waals surface area contributed by atoms with Gasteiger partial charge in [0.1, 0.15) is 24.7 Å². The number of benzene rings is 1. The van der Waals surface area contributed by atoms with Crippen LogP contribution in [0.2, 0.25) is 0 Å². The number of amides is 2. The van der Waals surface area contributed by atoms with Gasteiger partial charge < -0.3 is 9.80 Å². The molecule has 4 nitrogen and oxygen atoms in total. The van der Waals surface area contributed by atoms with Crippen LogP contribution in [0, 0.1) is 11.6 Å². The highest BCUT2D eigenvalue weighted by Crippen LogP contribution is 2.20. The highest BCUT2D eigenvalue weighted by atomic mass is 19.4. The normalized spacial score (nSPS) is 15.6. The lowest BCUT2D eigenvalue weighted by atomic mass is 10.1. The van der Waals surface area contributed by atoms with Crippen molar-refractivity contribution in [3.05, 3.63) is 35.4 Å². The van der Waals surface area contributed by atoms with Crippen LogP contribution in [0.1, 0.15) is 5.56 Å². The van der Waals surface area contributed by atoms with E-state index in [0.717, 1.165) is 23.1 Å². The lowest BCUT2D eigenvalue weighted by Gasteiger charge is -2.19. The Bertz CT molecular complexity index is 582. The third-order valence-corrected chi connectivity index (χ3v) is 3.13. The number of rotatable bonds is 3. The molecule has 120 valence electrons. The second-order valence-electron chi connectivity index (χ2n) is 4.82. The summed E-state index contributed by atoms with van der Waals surface area (Å²) in [5.74, 6) is -3.53. The summed E-state index contributed by atoms with van der Waals surface area (Å²) in [6, 6.07) is 3.07. The van der Waals surface area contributed by atoms with Crippen molar-refractivity contribution in [3.63, 3.8) is 0 Å². The van der Waals surface area contributed by atoms with E-state index in [1.54, 1.807) is 0 Å². The summed E-state index contributed by atoms with van der Waals surface area (Å²) >= 11 is 0. The monoisotopic (exact) mass is 322 g/mol. The molecule has 1 aliphatic heterocycles. The van der Waals surface area contributed by atoms with E-state index in [-0.39, 0.29) is 0 Å². The summed E-state index contributed by atoms with van der Waals surface area (Å²) in [4.78, 5) is 24.6. The molecule has 1 saturated heterocycles. The Balaban J connectivity index is 2.04. The maximum absolute atomic E-state index is 13.4. The molecule has 0 bridgehead atoms. The van der Waals surface area contributed by atoms with Gasteiger partial charge in [-0.2, -0.15) is 13.2 Å². The summed E-state index contributed by atoms with van der Waals surface area (Å²) in [6.07, 6.45) is -5.24. The van der Waals surface area contributed by atoms with Gasteiger partial charge in [0, 0.05) is 5.56 Å². The topological polar surface area (TPSA) is 40.6 Å². The Morgan fingerprint density at radius 3 is 2.32 bits per heavy atom. The predicted octanol–water partition coefficient (Wildman–Crippen LogP) is 1.70. The van der Waals surface area contributed by atoms with Crippen molar-refractivity contribution in [2.45, 2.75) is 12.6 Å². The highest BCUT2D eigenvalue weighted by molar-refractivity contribution is 5.88. The Hall–Kier alpha value is -2.19. The number of hydrogen-bond acceptors (Lipinski definition) is 2. The van der Waals surface area contributed by atoms with E-state index in [4.69, 9.17) is 0 Å². The van der Waals surface area contributed by atoms with Gasteiger partial charge in [-0.05, 0) is 12.1 Å². The van der Waals surface area contributed by atoms with Crippen molar-refractivity contribution in [3.8, 4) is 0 Å². The van der Waals surface area contributed by atoms with Gasteiger partial charge in [-0.1, -0.05) is 6.07 Å². The molecule has 1 aromatic rings. The lowest BCUT2D eigenvalue weighted by molar-refractivity contribution is -0.157. The van der Waals surface area contributed by atoms with Crippen LogP contribution in [0.4, 0.5) is 22.0 Å². The predicted molar refractivity (Wildman–Crippen MR) is 64.4 cm³/mol. The van der Waals surface area contributed by atoms with Crippen molar-refractivity contribution in [2.75, 3.05) is 19.8 Å². The van der Waals surface area contributed by atoms with E-state index >= 15 is 0 Å². The van der Waals surface area contributed by atoms with Crippen LogP contribution in [0.25, 0.3) is 0 Å². The summed E-state index contributed by atoms with van der Waals surface area (Å²) in [7, 11) is 0. The first-order valence-corrected chi connectivity index (χ1v) is 6.22. The number of hydrogen-bond donors (Lipinski definition) is 0. The zero-order chi connectivity index (χ0) is 16.5. The minimum absolute atomic E-state index is 0.468. The van der Waals surface area contributed by atoms with Gasteiger partial charge >= 0.3 is 6.18 Å². The Kier molecular flexibility index (Phi) is 4.34. The van der Waals surface area contributed by atoms with Crippen LogP contribution >= 0.6 is 0 Å². The number of carbonyl (C=O) groups is 2. The molecule has 0 aromatic heterocycles. The largest absolute Gasteiger partial charge is 0.406 e. The zero-order valence-electron chi connectivity index (χ0n) is 11.2. The summed E-state index contributed by atoms with van der Waals surface area (Å²) in [5, 5.41) is 0. The number of alkyl halides is 3. The minimum atomic E-state index is -4.58. The van der Waals surface area contributed by atoms with Crippen molar-refractivity contribution in [1.29, 1.82) is 0 Å². The standard InChI is InChI=1S/C13H11F5N2O2/c14-9-2-1-3-10(15)8(9)4-11(21)19-5-12(22)20(7-19)6-13(16,17)18/h1-3H,4-7H2. The highest BCUT2D eigenvalue weighted by Gasteiger charge is 2.38. The van der Waals surface area contributed by atoms with Crippen molar-refractivity contribution in [1.82, 2.24) is 9.80 Å². The van der Waals surface area contributed by atoms with Crippen LogP contribution in [-0.4, -0.2) is 47.5 Å². The van der Waals surface area contributed by atoms with Gasteiger partial charge in [0.25, 0.3) is 0 Å². The van der Waals surface area contributed by atoms with E-state index in [1.165, 1.54) is 0 Å². The Labute approximate surface area is 122 Å². The molecule has 0 unspecified atom stereocenters. The van der Waals surface area contributed by atoms with Gasteiger partial charge in [-0.3, -0.25) is 9.59 Å². The number of carbonyl (C=O) groups excluding carboxylic acids is 2. The van der Waals surface area contributed by atoms with Crippen molar-refractivity contribution >= 4 is 11.8 Å². The minimum Gasteiger partial charge on any atom is -0.315 e. The first kappa shape index (κ1) is 16.2. The molecule has 1 aromatic carbocycles. The molecule has 1 heterocycles. The van der Waals surface area contributed by atoms with E-state index in [2.05, 4.69) is 0 Å². The fourth-order valence-electron chi connectivity index (χ4n) is 2.08.